The second kappa shape index (κ2) is 5.07. The summed E-state index contributed by atoms with van der Waals surface area (Å²) in [4.78, 5) is 4.32. The molecule has 20 heavy (non-hydrogen) atoms. The van der Waals surface area contributed by atoms with Crippen LogP contribution in [0, 0.1) is 0 Å². The van der Waals surface area contributed by atoms with Gasteiger partial charge in [0.1, 0.15) is 0 Å². The zero-order valence-corrected chi connectivity index (χ0v) is 11.4. The van der Waals surface area contributed by atoms with E-state index in [0.717, 1.165) is 16.6 Å². The molecule has 0 aliphatic carbocycles. The van der Waals surface area contributed by atoms with Crippen molar-refractivity contribution < 1.29 is 4.42 Å². The lowest BCUT2D eigenvalue weighted by Crippen LogP contribution is -2.04. The zero-order valence-electron chi connectivity index (χ0n) is 10.7. The molecule has 1 atom stereocenters. The topological polar surface area (TPSA) is 89.9 Å². The van der Waals surface area contributed by atoms with E-state index in [1.165, 1.54) is 0 Å². The highest BCUT2D eigenvalue weighted by Crippen LogP contribution is 2.29. The summed E-state index contributed by atoms with van der Waals surface area (Å²) in [6.07, 6.45) is 1.70. The molecule has 2 heterocycles. The number of fused-ring (bicyclic) bond motifs is 1. The van der Waals surface area contributed by atoms with E-state index in [-0.39, 0.29) is 12.1 Å². The Morgan fingerprint density at radius 2 is 2.15 bits per heavy atom. The van der Waals surface area contributed by atoms with Crippen molar-refractivity contribution in [3.63, 3.8) is 0 Å². The van der Waals surface area contributed by atoms with Crippen LogP contribution in [0.15, 0.2) is 34.9 Å². The van der Waals surface area contributed by atoms with Crippen molar-refractivity contribution in [1.29, 1.82) is 0 Å². The minimum Gasteiger partial charge on any atom is -0.406 e. The number of rotatable bonds is 3. The predicted molar refractivity (Wildman–Crippen MR) is 76.9 cm³/mol. The largest absolute Gasteiger partial charge is 0.406 e. The average molecular weight is 290 g/mol. The summed E-state index contributed by atoms with van der Waals surface area (Å²) >= 11 is 6.14. The summed E-state index contributed by atoms with van der Waals surface area (Å²) in [6, 6.07) is 7.30. The number of nitrogens with one attached hydrogen (secondary N) is 1. The fourth-order valence-corrected chi connectivity index (χ4v) is 2.04. The van der Waals surface area contributed by atoms with Crippen LogP contribution in [0.1, 0.15) is 18.9 Å². The monoisotopic (exact) mass is 289 g/mol. The van der Waals surface area contributed by atoms with Crippen LogP contribution in [0.5, 0.6) is 0 Å². The summed E-state index contributed by atoms with van der Waals surface area (Å²) in [6.45, 7) is 1.77. The van der Waals surface area contributed by atoms with Crippen molar-refractivity contribution in [3.05, 3.63) is 41.4 Å². The first kappa shape index (κ1) is 12.8. The van der Waals surface area contributed by atoms with E-state index in [2.05, 4.69) is 20.5 Å². The van der Waals surface area contributed by atoms with E-state index in [1.54, 1.807) is 19.2 Å². The van der Waals surface area contributed by atoms with Crippen LogP contribution in [-0.2, 0) is 0 Å². The molecule has 0 saturated heterocycles. The van der Waals surface area contributed by atoms with Crippen molar-refractivity contribution in [2.75, 3.05) is 5.32 Å². The van der Waals surface area contributed by atoms with Gasteiger partial charge in [-0.1, -0.05) is 16.7 Å². The Hall–Kier alpha value is -2.18. The Morgan fingerprint density at radius 3 is 2.90 bits per heavy atom. The maximum absolute atomic E-state index is 6.14. The van der Waals surface area contributed by atoms with Crippen LogP contribution in [0.2, 0.25) is 5.02 Å². The number of hydrogen-bond acceptors (Lipinski definition) is 6. The molecule has 0 bridgehead atoms. The predicted octanol–water partition coefficient (Wildman–Crippen LogP) is 3.03. The van der Waals surface area contributed by atoms with E-state index in [0.29, 0.717) is 10.9 Å². The van der Waals surface area contributed by atoms with Gasteiger partial charge in [0.25, 0.3) is 0 Å². The van der Waals surface area contributed by atoms with Gasteiger partial charge in [-0.05, 0) is 31.2 Å². The maximum atomic E-state index is 6.14. The number of pyridine rings is 1. The van der Waals surface area contributed by atoms with Crippen molar-refractivity contribution >= 4 is 34.2 Å². The lowest BCUT2D eigenvalue weighted by molar-refractivity contribution is 0.476. The van der Waals surface area contributed by atoms with E-state index in [1.807, 2.05) is 18.2 Å². The van der Waals surface area contributed by atoms with E-state index in [4.69, 9.17) is 21.8 Å². The van der Waals surface area contributed by atoms with Gasteiger partial charge < -0.3 is 15.5 Å². The molecule has 0 amide bonds. The lowest BCUT2D eigenvalue weighted by atomic mass is 10.2. The van der Waals surface area contributed by atoms with Crippen LogP contribution in [-0.4, -0.2) is 15.2 Å². The highest BCUT2D eigenvalue weighted by atomic mass is 35.5. The SMILES string of the molecule is CC(N)c1nnc(Nc2ccc(Cl)c3cccnc23)o1. The molecule has 0 aliphatic rings. The molecule has 0 spiro atoms. The van der Waals surface area contributed by atoms with Crippen LogP contribution in [0.4, 0.5) is 11.7 Å². The van der Waals surface area contributed by atoms with E-state index in [9.17, 15) is 0 Å². The molecule has 0 aliphatic heterocycles. The minimum atomic E-state index is -0.307. The molecule has 2 aromatic heterocycles. The van der Waals surface area contributed by atoms with Crippen LogP contribution >= 0.6 is 11.6 Å². The van der Waals surface area contributed by atoms with Crippen molar-refractivity contribution in [1.82, 2.24) is 15.2 Å². The number of nitrogens with two attached hydrogens (primary N) is 1. The van der Waals surface area contributed by atoms with Crippen molar-refractivity contribution in [2.24, 2.45) is 5.73 Å². The van der Waals surface area contributed by atoms with Gasteiger partial charge in [0, 0.05) is 11.6 Å². The molecular formula is C13H12ClN5O. The Kier molecular flexibility index (Phi) is 3.25. The highest BCUT2D eigenvalue weighted by molar-refractivity contribution is 6.35. The quantitative estimate of drug-likeness (QED) is 0.770. The molecule has 0 radical (unpaired) electrons. The van der Waals surface area contributed by atoms with Gasteiger partial charge in [0.2, 0.25) is 5.89 Å². The highest BCUT2D eigenvalue weighted by Gasteiger charge is 2.12. The molecule has 0 fully saturated rings. The average Bonchev–Trinajstić information content (AvgIpc) is 2.91. The van der Waals surface area contributed by atoms with Crippen molar-refractivity contribution in [2.45, 2.75) is 13.0 Å². The summed E-state index contributed by atoms with van der Waals surface area (Å²) < 4.78 is 5.41. The normalized spacial score (nSPS) is 12.6. The molecule has 3 aromatic rings. The Bertz CT molecular complexity index is 755. The first-order valence-corrected chi connectivity index (χ1v) is 6.42. The Labute approximate surface area is 120 Å². The summed E-state index contributed by atoms with van der Waals surface area (Å²) in [5, 5.41) is 12.3. The lowest BCUT2D eigenvalue weighted by Gasteiger charge is -2.06. The smallest absolute Gasteiger partial charge is 0.320 e. The second-order valence-electron chi connectivity index (χ2n) is 4.35. The van der Waals surface area contributed by atoms with Crippen molar-refractivity contribution in [3.8, 4) is 0 Å². The standard InChI is InChI=1S/C13H12ClN5O/c1-7(15)12-18-19-13(20-12)17-10-5-4-9(14)8-3-2-6-16-11(8)10/h2-7H,15H2,1H3,(H,17,19). The fraction of sp³-hybridized carbons (Fsp3) is 0.154. The number of hydrogen-bond donors (Lipinski definition) is 2. The fourth-order valence-electron chi connectivity index (χ4n) is 1.82. The number of halogens is 1. The number of aromatic nitrogens is 3. The maximum Gasteiger partial charge on any atom is 0.320 e. The summed E-state index contributed by atoms with van der Waals surface area (Å²) in [5.41, 5.74) is 7.15. The Balaban J connectivity index is 2.00. The van der Waals surface area contributed by atoms with Gasteiger partial charge in [-0.2, -0.15) is 0 Å². The zero-order chi connectivity index (χ0) is 14.1. The second-order valence-corrected chi connectivity index (χ2v) is 4.76. The molecule has 0 saturated carbocycles. The minimum absolute atomic E-state index is 0.270. The first-order chi connectivity index (χ1) is 9.65. The van der Waals surface area contributed by atoms with Crippen LogP contribution < -0.4 is 11.1 Å². The number of anilines is 2. The first-order valence-electron chi connectivity index (χ1n) is 6.04. The third-order valence-corrected chi connectivity index (χ3v) is 3.12. The summed E-state index contributed by atoms with van der Waals surface area (Å²) in [5.74, 6) is 0.374. The molecular weight excluding hydrogens is 278 g/mol. The molecule has 1 aromatic carbocycles. The van der Waals surface area contributed by atoms with Gasteiger partial charge in [-0.3, -0.25) is 4.98 Å². The third kappa shape index (κ3) is 2.31. The van der Waals surface area contributed by atoms with Crippen LogP contribution in [0.3, 0.4) is 0 Å². The molecule has 1 unspecified atom stereocenters. The molecule has 3 rings (SSSR count). The van der Waals surface area contributed by atoms with E-state index >= 15 is 0 Å². The van der Waals surface area contributed by atoms with E-state index < -0.39 is 0 Å². The van der Waals surface area contributed by atoms with Gasteiger partial charge in [0.15, 0.2) is 0 Å². The van der Waals surface area contributed by atoms with Gasteiger partial charge >= 0.3 is 6.01 Å². The van der Waals surface area contributed by atoms with Gasteiger partial charge in [-0.15, -0.1) is 5.10 Å². The third-order valence-electron chi connectivity index (χ3n) is 2.79. The summed E-state index contributed by atoms with van der Waals surface area (Å²) in [7, 11) is 0. The van der Waals surface area contributed by atoms with Gasteiger partial charge in [0.05, 0.1) is 22.3 Å². The molecule has 3 N–H and O–H groups in total. The number of benzene rings is 1. The molecule has 6 nitrogen and oxygen atoms in total. The Morgan fingerprint density at radius 1 is 1.30 bits per heavy atom. The molecule has 7 heteroatoms. The molecule has 102 valence electrons. The van der Waals surface area contributed by atoms with Gasteiger partial charge in [-0.25, -0.2) is 0 Å². The number of nitrogens with zero attached hydrogens (tertiary/aromatic N) is 3. The van der Waals surface area contributed by atoms with Crippen LogP contribution in [0.25, 0.3) is 10.9 Å².